The van der Waals surface area contributed by atoms with E-state index in [9.17, 15) is 9.90 Å². The molecule has 0 aliphatic carbocycles. The van der Waals surface area contributed by atoms with E-state index in [4.69, 9.17) is 5.11 Å². The number of aromatic hydroxyl groups is 1. The molecule has 3 rings (SSSR count). The second kappa shape index (κ2) is 7.53. The summed E-state index contributed by atoms with van der Waals surface area (Å²) in [6, 6.07) is 15.0. The van der Waals surface area contributed by atoms with Crippen molar-refractivity contribution in [3.8, 4) is 5.75 Å². The first-order chi connectivity index (χ1) is 11.6. The molecular formula is C19H20INO3. The van der Waals surface area contributed by atoms with Gasteiger partial charge in [-0.25, -0.2) is 0 Å². The van der Waals surface area contributed by atoms with Crippen molar-refractivity contribution in [1.82, 2.24) is 0 Å². The van der Waals surface area contributed by atoms with Crippen LogP contribution in [0.4, 0.5) is 5.69 Å². The van der Waals surface area contributed by atoms with Gasteiger partial charge in [-0.2, -0.15) is 0 Å². The first-order valence-electron chi connectivity index (χ1n) is 8.10. The summed E-state index contributed by atoms with van der Waals surface area (Å²) < 4.78 is 1.13. The minimum atomic E-state index is -0.0691. The molecule has 2 aromatic carbocycles. The van der Waals surface area contributed by atoms with E-state index in [0.717, 1.165) is 34.1 Å². The van der Waals surface area contributed by atoms with Crippen molar-refractivity contribution >= 4 is 34.2 Å². The first-order valence-corrected chi connectivity index (χ1v) is 9.18. The van der Waals surface area contributed by atoms with E-state index in [2.05, 4.69) is 22.6 Å². The molecule has 2 N–H and O–H groups in total. The Labute approximate surface area is 155 Å². The molecule has 2 atom stereocenters. The quantitative estimate of drug-likeness (QED) is 0.410. The third-order valence-corrected chi connectivity index (χ3v) is 5.20. The second-order valence-electron chi connectivity index (χ2n) is 6.05. The smallest absolute Gasteiger partial charge is 0.233 e. The van der Waals surface area contributed by atoms with Gasteiger partial charge in [0.2, 0.25) is 5.91 Å². The SMILES string of the molecule is O=C1[C@H](CCCCO)[C@@H](c2ccc(O)cc2)N1c1ccc(I)cc1. The molecule has 1 amide bonds. The summed E-state index contributed by atoms with van der Waals surface area (Å²) in [5.74, 6) is 0.287. The molecule has 0 radical (unpaired) electrons. The molecule has 1 saturated heterocycles. The van der Waals surface area contributed by atoms with E-state index < -0.39 is 0 Å². The number of aliphatic hydroxyl groups excluding tert-OH is 1. The highest BCUT2D eigenvalue weighted by Crippen LogP contribution is 2.45. The predicted octanol–water partition coefficient (Wildman–Crippen LogP) is 3.86. The third-order valence-electron chi connectivity index (χ3n) is 4.48. The molecule has 24 heavy (non-hydrogen) atoms. The highest BCUT2D eigenvalue weighted by atomic mass is 127. The zero-order valence-electron chi connectivity index (χ0n) is 13.2. The number of anilines is 1. The fourth-order valence-electron chi connectivity index (χ4n) is 3.25. The van der Waals surface area contributed by atoms with Gasteiger partial charge in [0, 0.05) is 15.9 Å². The average Bonchev–Trinajstić information content (AvgIpc) is 2.59. The van der Waals surface area contributed by atoms with Crippen LogP contribution in [-0.2, 0) is 4.79 Å². The largest absolute Gasteiger partial charge is 0.508 e. The fraction of sp³-hybridized carbons (Fsp3) is 0.316. The van der Waals surface area contributed by atoms with E-state index >= 15 is 0 Å². The molecule has 5 heteroatoms. The maximum Gasteiger partial charge on any atom is 0.233 e. The zero-order valence-corrected chi connectivity index (χ0v) is 15.4. The molecule has 2 aromatic rings. The topological polar surface area (TPSA) is 60.8 Å². The average molecular weight is 437 g/mol. The molecule has 0 saturated carbocycles. The molecule has 1 aliphatic rings. The maximum atomic E-state index is 12.7. The van der Waals surface area contributed by atoms with Crippen LogP contribution < -0.4 is 4.90 Å². The van der Waals surface area contributed by atoms with E-state index in [1.807, 2.05) is 41.3 Å². The van der Waals surface area contributed by atoms with Gasteiger partial charge in [-0.3, -0.25) is 4.79 Å². The van der Waals surface area contributed by atoms with Gasteiger partial charge in [0.1, 0.15) is 5.75 Å². The van der Waals surface area contributed by atoms with Gasteiger partial charge in [-0.1, -0.05) is 18.6 Å². The summed E-state index contributed by atoms with van der Waals surface area (Å²) in [5, 5.41) is 18.5. The van der Waals surface area contributed by atoms with Gasteiger partial charge in [-0.05, 0) is 77.4 Å². The van der Waals surface area contributed by atoms with Gasteiger partial charge in [0.15, 0.2) is 0 Å². The molecule has 0 bridgehead atoms. The lowest BCUT2D eigenvalue weighted by atomic mass is 9.79. The number of carbonyl (C=O) groups excluding carboxylic acids is 1. The number of carbonyl (C=O) groups is 1. The maximum absolute atomic E-state index is 12.7. The number of nitrogens with zero attached hydrogens (tertiary/aromatic N) is 1. The molecule has 0 spiro atoms. The molecule has 4 nitrogen and oxygen atoms in total. The summed E-state index contributed by atoms with van der Waals surface area (Å²) in [5.41, 5.74) is 1.93. The van der Waals surface area contributed by atoms with E-state index in [1.165, 1.54) is 0 Å². The van der Waals surface area contributed by atoms with Gasteiger partial charge in [-0.15, -0.1) is 0 Å². The Morgan fingerprint density at radius 3 is 2.29 bits per heavy atom. The summed E-state index contributed by atoms with van der Waals surface area (Å²) >= 11 is 2.25. The molecule has 0 aromatic heterocycles. The molecule has 1 aliphatic heterocycles. The number of amides is 1. The lowest BCUT2D eigenvalue weighted by Crippen LogP contribution is -2.55. The Kier molecular flexibility index (Phi) is 5.40. The number of rotatable bonds is 6. The highest BCUT2D eigenvalue weighted by molar-refractivity contribution is 14.1. The minimum absolute atomic E-state index is 0.0168. The number of halogens is 1. The number of phenolic OH excluding ortho intramolecular Hbond substituents is 1. The minimum Gasteiger partial charge on any atom is -0.508 e. The Balaban J connectivity index is 1.87. The Morgan fingerprint density at radius 2 is 1.67 bits per heavy atom. The van der Waals surface area contributed by atoms with Crippen LogP contribution in [0.3, 0.4) is 0 Å². The third kappa shape index (κ3) is 3.42. The lowest BCUT2D eigenvalue weighted by Gasteiger charge is -2.47. The second-order valence-corrected chi connectivity index (χ2v) is 7.29. The summed E-state index contributed by atoms with van der Waals surface area (Å²) in [6.07, 6.45) is 2.32. The Morgan fingerprint density at radius 1 is 1.00 bits per heavy atom. The number of phenols is 1. The van der Waals surface area contributed by atoms with Gasteiger partial charge < -0.3 is 15.1 Å². The number of hydrogen-bond donors (Lipinski definition) is 2. The van der Waals surface area contributed by atoms with Gasteiger partial charge in [0.05, 0.1) is 12.0 Å². The van der Waals surface area contributed by atoms with Crippen LogP contribution in [0.1, 0.15) is 30.9 Å². The van der Waals surface area contributed by atoms with Crippen LogP contribution >= 0.6 is 22.6 Å². The summed E-state index contributed by atoms with van der Waals surface area (Å²) in [6.45, 7) is 0.158. The van der Waals surface area contributed by atoms with E-state index in [-0.39, 0.29) is 30.2 Å². The van der Waals surface area contributed by atoms with Crippen LogP contribution in [0, 0.1) is 9.49 Å². The molecule has 0 unspecified atom stereocenters. The Hall–Kier alpha value is -1.60. The van der Waals surface area contributed by atoms with Crippen molar-refractivity contribution in [2.24, 2.45) is 5.92 Å². The van der Waals surface area contributed by atoms with Crippen molar-refractivity contribution in [2.75, 3.05) is 11.5 Å². The van der Waals surface area contributed by atoms with Crippen molar-refractivity contribution in [3.63, 3.8) is 0 Å². The van der Waals surface area contributed by atoms with Crippen LogP contribution in [0.2, 0.25) is 0 Å². The van der Waals surface area contributed by atoms with Crippen molar-refractivity contribution in [3.05, 3.63) is 57.7 Å². The highest BCUT2D eigenvalue weighted by Gasteiger charge is 2.48. The van der Waals surface area contributed by atoms with E-state index in [1.54, 1.807) is 12.1 Å². The normalized spacial score (nSPS) is 20.1. The van der Waals surface area contributed by atoms with Crippen molar-refractivity contribution < 1.29 is 15.0 Å². The Bertz CT molecular complexity index is 700. The number of benzene rings is 2. The zero-order chi connectivity index (χ0) is 17.1. The van der Waals surface area contributed by atoms with Crippen LogP contribution in [0.25, 0.3) is 0 Å². The number of hydrogen-bond acceptors (Lipinski definition) is 3. The monoisotopic (exact) mass is 437 g/mol. The lowest BCUT2D eigenvalue weighted by molar-refractivity contribution is -0.130. The number of aliphatic hydroxyl groups is 1. The predicted molar refractivity (Wildman–Crippen MR) is 102 cm³/mol. The summed E-state index contributed by atoms with van der Waals surface area (Å²) in [7, 11) is 0. The molecule has 1 fully saturated rings. The number of unbranched alkanes of at least 4 members (excludes halogenated alkanes) is 1. The first kappa shape index (κ1) is 17.2. The van der Waals surface area contributed by atoms with Crippen molar-refractivity contribution in [2.45, 2.75) is 25.3 Å². The molecular weight excluding hydrogens is 417 g/mol. The van der Waals surface area contributed by atoms with Crippen LogP contribution in [0.5, 0.6) is 5.75 Å². The standard InChI is InChI=1S/C19H20INO3/c20-14-6-8-15(9-7-14)21-18(13-4-10-16(23)11-5-13)17(19(21)24)3-1-2-12-22/h4-11,17-18,22-23H,1-3,12H2/t17-,18-/m1/s1. The number of β-lactam (4-membered cyclic amide) rings is 1. The van der Waals surface area contributed by atoms with Crippen LogP contribution in [0.15, 0.2) is 48.5 Å². The van der Waals surface area contributed by atoms with Gasteiger partial charge in [0.25, 0.3) is 0 Å². The van der Waals surface area contributed by atoms with Crippen molar-refractivity contribution in [1.29, 1.82) is 0 Å². The van der Waals surface area contributed by atoms with Crippen LogP contribution in [-0.4, -0.2) is 22.7 Å². The van der Waals surface area contributed by atoms with E-state index in [0.29, 0.717) is 0 Å². The summed E-state index contributed by atoms with van der Waals surface area (Å²) in [4.78, 5) is 14.5. The molecule has 126 valence electrons. The fourth-order valence-corrected chi connectivity index (χ4v) is 3.61. The molecule has 1 heterocycles. The van der Waals surface area contributed by atoms with Gasteiger partial charge >= 0.3 is 0 Å².